The summed E-state index contributed by atoms with van der Waals surface area (Å²) in [4.78, 5) is 12.2. The Morgan fingerprint density at radius 2 is 1.72 bits per heavy atom. The second-order valence-corrected chi connectivity index (χ2v) is 6.82. The van der Waals surface area contributed by atoms with Gasteiger partial charge in [-0.3, -0.25) is 10.4 Å². The molecule has 164 valence electrons. The molecule has 0 fully saturated rings. The van der Waals surface area contributed by atoms with Crippen molar-refractivity contribution in [2.24, 2.45) is 0 Å². The van der Waals surface area contributed by atoms with Crippen LogP contribution in [0.25, 0.3) is 10.9 Å². The van der Waals surface area contributed by atoms with Gasteiger partial charge in [-0.2, -0.15) is 5.10 Å². The lowest BCUT2D eigenvalue weighted by Crippen LogP contribution is -2.28. The first kappa shape index (κ1) is 21.2. The van der Waals surface area contributed by atoms with Crippen LogP contribution in [0.4, 0.5) is 28.2 Å². The van der Waals surface area contributed by atoms with Gasteiger partial charge in [-0.05, 0) is 48.0 Å². The van der Waals surface area contributed by atoms with Crippen LogP contribution in [0, 0.1) is 23.3 Å². The minimum atomic E-state index is -1.31. The Morgan fingerprint density at radius 3 is 2.50 bits per heavy atom. The summed E-state index contributed by atoms with van der Waals surface area (Å²) in [6, 6.07) is 11.3. The molecule has 0 aliphatic rings. The van der Waals surface area contributed by atoms with E-state index >= 15 is 0 Å². The lowest BCUT2D eigenvalue weighted by atomic mass is 10.2. The van der Waals surface area contributed by atoms with Crippen LogP contribution < -0.4 is 15.4 Å². The molecule has 0 atom stereocenters. The van der Waals surface area contributed by atoms with E-state index in [1.54, 1.807) is 18.2 Å². The van der Waals surface area contributed by atoms with E-state index in [4.69, 9.17) is 4.74 Å². The van der Waals surface area contributed by atoms with Crippen LogP contribution in [0.15, 0.2) is 54.6 Å². The number of aromatic nitrogens is 2. The van der Waals surface area contributed by atoms with Crippen LogP contribution in [0.3, 0.4) is 0 Å². The number of amides is 2. The molecule has 6 nitrogen and oxygen atoms in total. The van der Waals surface area contributed by atoms with Gasteiger partial charge in [0.1, 0.15) is 24.0 Å². The van der Waals surface area contributed by atoms with E-state index in [0.29, 0.717) is 22.5 Å². The topological polar surface area (TPSA) is 79.0 Å². The minimum absolute atomic E-state index is 0.174. The molecular weight excluding hydrogens is 428 g/mol. The predicted molar refractivity (Wildman–Crippen MR) is 109 cm³/mol. The molecule has 10 heteroatoms. The molecule has 4 aromatic rings. The number of hydrogen-bond donors (Lipinski definition) is 3. The standard InChI is InChI=1S/C22H16F4N4O2/c23-13-3-1-12(2-4-13)10-27-22(31)28-21-15-9-14(5-8-19(15)29-30-21)32-11-16-17(24)6-7-18(25)20(16)26/h1-9H,10-11H2,(H3,27,28,29,30,31). The van der Waals surface area contributed by atoms with Gasteiger partial charge in [-0.25, -0.2) is 22.4 Å². The third-order valence-electron chi connectivity index (χ3n) is 4.65. The first-order valence-corrected chi connectivity index (χ1v) is 9.43. The lowest BCUT2D eigenvalue weighted by molar-refractivity contribution is 0.251. The lowest BCUT2D eigenvalue weighted by Gasteiger charge is -2.09. The summed E-state index contributed by atoms with van der Waals surface area (Å²) in [6.07, 6.45) is 0. The number of rotatable bonds is 6. The normalized spacial score (nSPS) is 10.9. The zero-order valence-corrected chi connectivity index (χ0v) is 16.4. The van der Waals surface area contributed by atoms with Crippen LogP contribution in [0.5, 0.6) is 5.75 Å². The van der Waals surface area contributed by atoms with Gasteiger partial charge in [0.05, 0.1) is 11.1 Å². The van der Waals surface area contributed by atoms with Gasteiger partial charge >= 0.3 is 6.03 Å². The Morgan fingerprint density at radius 1 is 0.969 bits per heavy atom. The summed E-state index contributed by atoms with van der Waals surface area (Å²) in [6.45, 7) is -0.354. The van der Waals surface area contributed by atoms with E-state index in [9.17, 15) is 22.4 Å². The largest absolute Gasteiger partial charge is 0.489 e. The average Bonchev–Trinajstić information content (AvgIpc) is 3.18. The van der Waals surface area contributed by atoms with Crippen LogP contribution in [0.2, 0.25) is 0 Å². The van der Waals surface area contributed by atoms with Crippen molar-refractivity contribution in [1.29, 1.82) is 0 Å². The number of benzene rings is 3. The quantitative estimate of drug-likeness (QED) is 0.289. The Bertz CT molecular complexity index is 1280. The van der Waals surface area contributed by atoms with Crippen LogP contribution in [-0.4, -0.2) is 16.2 Å². The molecule has 0 saturated carbocycles. The number of aromatic amines is 1. The van der Waals surface area contributed by atoms with Crippen molar-refractivity contribution in [2.45, 2.75) is 13.2 Å². The number of ether oxygens (including phenoxy) is 1. The number of H-pyrrole nitrogens is 1. The van der Waals surface area contributed by atoms with Gasteiger partial charge in [0.25, 0.3) is 0 Å². The Labute approximate surface area is 179 Å². The molecule has 1 heterocycles. The van der Waals surface area contributed by atoms with Crippen LogP contribution >= 0.6 is 0 Å². The van der Waals surface area contributed by atoms with Crippen LogP contribution in [0.1, 0.15) is 11.1 Å². The molecule has 32 heavy (non-hydrogen) atoms. The summed E-state index contributed by atoms with van der Waals surface area (Å²) in [5.74, 6) is -3.35. The number of hydrogen-bond acceptors (Lipinski definition) is 3. The van der Waals surface area contributed by atoms with Crippen molar-refractivity contribution in [2.75, 3.05) is 5.32 Å². The molecule has 1 aromatic heterocycles. The van der Waals surface area contributed by atoms with Gasteiger partial charge in [-0.1, -0.05) is 12.1 Å². The first-order valence-electron chi connectivity index (χ1n) is 9.43. The third-order valence-corrected chi connectivity index (χ3v) is 4.65. The highest BCUT2D eigenvalue weighted by molar-refractivity contribution is 5.99. The van der Waals surface area contributed by atoms with Gasteiger partial charge in [0.2, 0.25) is 0 Å². The third kappa shape index (κ3) is 4.64. The molecule has 0 spiro atoms. The van der Waals surface area contributed by atoms with Gasteiger partial charge in [0, 0.05) is 11.9 Å². The summed E-state index contributed by atoms with van der Waals surface area (Å²) in [5, 5.41) is 12.5. The van der Waals surface area contributed by atoms with E-state index in [2.05, 4.69) is 20.8 Å². The van der Waals surface area contributed by atoms with E-state index < -0.39 is 35.7 Å². The molecule has 0 aliphatic carbocycles. The summed E-state index contributed by atoms with van der Waals surface area (Å²) in [5.41, 5.74) is 0.756. The molecule has 0 aliphatic heterocycles. The summed E-state index contributed by atoms with van der Waals surface area (Å²) >= 11 is 0. The maximum absolute atomic E-state index is 13.8. The number of anilines is 1. The van der Waals surface area contributed by atoms with E-state index in [0.717, 1.165) is 6.07 Å². The van der Waals surface area contributed by atoms with E-state index in [-0.39, 0.29) is 23.9 Å². The predicted octanol–water partition coefficient (Wildman–Crippen LogP) is 5.02. The van der Waals surface area contributed by atoms with E-state index in [1.165, 1.54) is 24.3 Å². The molecule has 0 radical (unpaired) electrons. The second-order valence-electron chi connectivity index (χ2n) is 6.82. The number of fused-ring (bicyclic) bond motifs is 1. The minimum Gasteiger partial charge on any atom is -0.489 e. The Balaban J connectivity index is 1.44. The number of halogens is 4. The zero-order valence-electron chi connectivity index (χ0n) is 16.4. The van der Waals surface area contributed by atoms with Crippen molar-refractivity contribution in [3.8, 4) is 5.75 Å². The van der Waals surface area contributed by atoms with E-state index in [1.807, 2.05) is 0 Å². The maximum Gasteiger partial charge on any atom is 0.320 e. The monoisotopic (exact) mass is 444 g/mol. The number of urea groups is 1. The smallest absolute Gasteiger partial charge is 0.320 e. The Hall–Kier alpha value is -4.08. The number of nitrogens with zero attached hydrogens (tertiary/aromatic N) is 1. The molecule has 4 rings (SSSR count). The maximum atomic E-state index is 13.8. The second kappa shape index (κ2) is 8.96. The average molecular weight is 444 g/mol. The highest BCUT2D eigenvalue weighted by Gasteiger charge is 2.15. The highest BCUT2D eigenvalue weighted by Crippen LogP contribution is 2.26. The molecular formula is C22H16F4N4O2. The summed E-state index contributed by atoms with van der Waals surface area (Å²) < 4.78 is 59.3. The highest BCUT2D eigenvalue weighted by atomic mass is 19.2. The molecule has 0 bridgehead atoms. The van der Waals surface area contributed by atoms with Crippen molar-refractivity contribution in [3.05, 3.63) is 89.0 Å². The summed E-state index contributed by atoms with van der Waals surface area (Å²) in [7, 11) is 0. The molecule has 2 amide bonds. The number of nitrogens with one attached hydrogen (secondary N) is 3. The van der Waals surface area contributed by atoms with Gasteiger partial charge in [0.15, 0.2) is 17.5 Å². The molecule has 0 saturated heterocycles. The van der Waals surface area contributed by atoms with Gasteiger partial charge in [-0.15, -0.1) is 0 Å². The number of carbonyl (C=O) groups excluding carboxylic acids is 1. The van der Waals surface area contributed by atoms with Crippen molar-refractivity contribution in [1.82, 2.24) is 15.5 Å². The van der Waals surface area contributed by atoms with Crippen LogP contribution in [-0.2, 0) is 13.2 Å². The number of carbonyl (C=O) groups is 1. The molecule has 0 unspecified atom stereocenters. The van der Waals surface area contributed by atoms with Crippen molar-refractivity contribution in [3.63, 3.8) is 0 Å². The van der Waals surface area contributed by atoms with Crippen molar-refractivity contribution >= 4 is 22.8 Å². The Kier molecular flexibility index (Phi) is 5.93. The van der Waals surface area contributed by atoms with Crippen molar-refractivity contribution < 1.29 is 27.1 Å². The zero-order chi connectivity index (χ0) is 22.7. The molecule has 3 aromatic carbocycles. The molecule has 3 N–H and O–H groups in total. The first-order chi connectivity index (χ1) is 15.4. The fourth-order valence-corrected chi connectivity index (χ4v) is 2.97. The van der Waals surface area contributed by atoms with Gasteiger partial charge < -0.3 is 10.1 Å². The SMILES string of the molecule is O=C(NCc1ccc(F)cc1)Nc1n[nH]c2ccc(OCc3c(F)ccc(F)c3F)cc12. The fraction of sp³-hybridized carbons (Fsp3) is 0.0909. The fourth-order valence-electron chi connectivity index (χ4n) is 2.97.